The number of amides is 1. The van der Waals surface area contributed by atoms with Crippen molar-refractivity contribution in [2.45, 2.75) is 12.8 Å². The normalized spacial score (nSPS) is 11.9. The molecule has 104 valence electrons. The van der Waals surface area contributed by atoms with Crippen LogP contribution in [0.4, 0.5) is 11.5 Å². The molecule has 0 fully saturated rings. The van der Waals surface area contributed by atoms with Gasteiger partial charge in [0.05, 0.1) is 5.92 Å². The average Bonchev–Trinajstić information content (AvgIpc) is 2.43. The third kappa shape index (κ3) is 3.18. The maximum Gasteiger partial charge on any atom is 0.232 e. The van der Waals surface area contributed by atoms with Gasteiger partial charge in [0.15, 0.2) is 11.0 Å². The smallest absolute Gasteiger partial charge is 0.232 e. The fourth-order valence-electron chi connectivity index (χ4n) is 1.64. The molecule has 0 radical (unpaired) electrons. The average molecular weight is 311 g/mol. The van der Waals surface area contributed by atoms with Crippen LogP contribution in [0.1, 0.15) is 18.4 Å². The molecular formula is C13H12Cl2N4O. The third-order valence-electron chi connectivity index (χ3n) is 2.79. The number of hydrogen-bond acceptors (Lipinski definition) is 4. The molecule has 1 aromatic carbocycles. The molecule has 3 N–H and O–H groups in total. The maximum atomic E-state index is 12.2. The highest BCUT2D eigenvalue weighted by Crippen LogP contribution is 2.27. The molecule has 0 saturated carbocycles. The summed E-state index contributed by atoms with van der Waals surface area (Å²) in [5.41, 5.74) is 7.11. The second-order valence-corrected chi connectivity index (χ2v) is 4.94. The lowest BCUT2D eigenvalue weighted by Crippen LogP contribution is -2.20. The Bertz CT molecular complexity index is 648. The molecule has 1 aromatic heterocycles. The highest BCUT2D eigenvalue weighted by Gasteiger charge is 2.18. The summed E-state index contributed by atoms with van der Waals surface area (Å²) >= 11 is 11.7. The van der Waals surface area contributed by atoms with Crippen molar-refractivity contribution < 1.29 is 4.79 Å². The molecule has 0 spiro atoms. The van der Waals surface area contributed by atoms with Crippen molar-refractivity contribution in [1.82, 2.24) is 9.97 Å². The molecule has 0 bridgehead atoms. The van der Waals surface area contributed by atoms with Gasteiger partial charge in [0, 0.05) is 5.69 Å². The SMILES string of the molecule is CC(C(=O)Nc1ncnc(Cl)c1Cl)c1cccc(N)c1. The van der Waals surface area contributed by atoms with E-state index in [2.05, 4.69) is 15.3 Å². The van der Waals surface area contributed by atoms with Crippen LogP contribution < -0.4 is 11.1 Å². The molecule has 7 heteroatoms. The van der Waals surface area contributed by atoms with Gasteiger partial charge < -0.3 is 11.1 Å². The highest BCUT2D eigenvalue weighted by atomic mass is 35.5. The van der Waals surface area contributed by atoms with E-state index < -0.39 is 5.92 Å². The van der Waals surface area contributed by atoms with Crippen LogP contribution in [0.15, 0.2) is 30.6 Å². The Morgan fingerprint density at radius 3 is 2.80 bits per heavy atom. The van der Waals surface area contributed by atoms with Crippen molar-refractivity contribution in [3.8, 4) is 0 Å². The Balaban J connectivity index is 2.18. The number of halogens is 2. The van der Waals surface area contributed by atoms with Crippen LogP contribution >= 0.6 is 23.2 Å². The summed E-state index contributed by atoms with van der Waals surface area (Å²) < 4.78 is 0. The van der Waals surface area contributed by atoms with Gasteiger partial charge in [-0.3, -0.25) is 4.79 Å². The number of anilines is 2. The van der Waals surface area contributed by atoms with Gasteiger partial charge in [-0.25, -0.2) is 9.97 Å². The number of carbonyl (C=O) groups is 1. The predicted molar refractivity (Wildman–Crippen MR) is 80.0 cm³/mol. The van der Waals surface area contributed by atoms with E-state index in [1.807, 2.05) is 6.07 Å². The minimum Gasteiger partial charge on any atom is -0.399 e. The molecule has 1 heterocycles. The molecule has 1 amide bonds. The highest BCUT2D eigenvalue weighted by molar-refractivity contribution is 6.42. The Labute approximate surface area is 126 Å². The first-order chi connectivity index (χ1) is 9.49. The predicted octanol–water partition coefficient (Wildman–Crippen LogP) is 3.11. The summed E-state index contributed by atoms with van der Waals surface area (Å²) in [6, 6.07) is 7.13. The fourth-order valence-corrected chi connectivity index (χ4v) is 1.92. The van der Waals surface area contributed by atoms with Gasteiger partial charge in [0.2, 0.25) is 5.91 Å². The van der Waals surface area contributed by atoms with Crippen molar-refractivity contribution in [3.63, 3.8) is 0 Å². The Morgan fingerprint density at radius 2 is 2.10 bits per heavy atom. The number of nitrogens with zero attached hydrogens (tertiary/aromatic N) is 2. The van der Waals surface area contributed by atoms with Gasteiger partial charge in [-0.1, -0.05) is 35.3 Å². The summed E-state index contributed by atoms with van der Waals surface area (Å²) in [5, 5.41) is 2.83. The Morgan fingerprint density at radius 1 is 1.35 bits per heavy atom. The molecule has 0 saturated heterocycles. The van der Waals surface area contributed by atoms with Crippen LogP contribution in [-0.4, -0.2) is 15.9 Å². The lowest BCUT2D eigenvalue weighted by molar-refractivity contribution is -0.117. The summed E-state index contributed by atoms with van der Waals surface area (Å²) in [6.45, 7) is 1.76. The number of nitrogens with two attached hydrogens (primary N) is 1. The van der Waals surface area contributed by atoms with E-state index in [0.717, 1.165) is 5.56 Å². The molecule has 0 aliphatic rings. The van der Waals surface area contributed by atoms with E-state index >= 15 is 0 Å². The van der Waals surface area contributed by atoms with E-state index in [1.165, 1.54) is 6.33 Å². The lowest BCUT2D eigenvalue weighted by Gasteiger charge is -2.13. The van der Waals surface area contributed by atoms with Gasteiger partial charge in [-0.15, -0.1) is 0 Å². The number of benzene rings is 1. The first-order valence-electron chi connectivity index (χ1n) is 5.81. The van der Waals surface area contributed by atoms with E-state index in [-0.39, 0.29) is 21.9 Å². The van der Waals surface area contributed by atoms with Gasteiger partial charge in [-0.2, -0.15) is 0 Å². The number of hydrogen-bond donors (Lipinski definition) is 2. The molecule has 0 aliphatic heterocycles. The zero-order chi connectivity index (χ0) is 14.7. The van der Waals surface area contributed by atoms with Crippen molar-refractivity contribution >= 4 is 40.6 Å². The number of rotatable bonds is 3. The maximum absolute atomic E-state index is 12.2. The molecule has 2 rings (SSSR count). The van der Waals surface area contributed by atoms with E-state index in [4.69, 9.17) is 28.9 Å². The topological polar surface area (TPSA) is 80.9 Å². The largest absolute Gasteiger partial charge is 0.399 e. The molecule has 1 atom stereocenters. The standard InChI is InChI=1S/C13H12Cl2N4O/c1-7(8-3-2-4-9(16)5-8)13(20)19-12-10(14)11(15)17-6-18-12/h2-7H,16H2,1H3,(H,17,18,19,20). The fraction of sp³-hybridized carbons (Fsp3) is 0.154. The molecule has 5 nitrogen and oxygen atoms in total. The number of nitrogens with one attached hydrogen (secondary N) is 1. The van der Waals surface area contributed by atoms with Crippen molar-refractivity contribution in [2.24, 2.45) is 0 Å². The van der Waals surface area contributed by atoms with Crippen LogP contribution in [0.3, 0.4) is 0 Å². The zero-order valence-electron chi connectivity index (χ0n) is 10.6. The van der Waals surface area contributed by atoms with Crippen LogP contribution in [0, 0.1) is 0 Å². The Kier molecular flexibility index (Phi) is 4.42. The Hall–Kier alpha value is -1.85. The van der Waals surface area contributed by atoms with E-state index in [0.29, 0.717) is 5.69 Å². The van der Waals surface area contributed by atoms with Crippen LogP contribution in [0.25, 0.3) is 0 Å². The van der Waals surface area contributed by atoms with Crippen LogP contribution in [0.2, 0.25) is 10.2 Å². The molecule has 0 aliphatic carbocycles. The van der Waals surface area contributed by atoms with Gasteiger partial charge in [-0.05, 0) is 24.6 Å². The van der Waals surface area contributed by atoms with Gasteiger partial charge in [0.1, 0.15) is 11.3 Å². The van der Waals surface area contributed by atoms with Crippen molar-refractivity contribution in [2.75, 3.05) is 11.1 Å². The number of nitrogen functional groups attached to an aromatic ring is 1. The van der Waals surface area contributed by atoms with Gasteiger partial charge >= 0.3 is 0 Å². The molecule has 20 heavy (non-hydrogen) atoms. The number of carbonyl (C=O) groups excluding carboxylic acids is 1. The molecule has 1 unspecified atom stereocenters. The third-order valence-corrected chi connectivity index (χ3v) is 3.53. The summed E-state index contributed by atoms with van der Waals surface area (Å²) in [7, 11) is 0. The molecular weight excluding hydrogens is 299 g/mol. The summed E-state index contributed by atoms with van der Waals surface area (Å²) in [6.07, 6.45) is 1.23. The van der Waals surface area contributed by atoms with Crippen LogP contribution in [-0.2, 0) is 4.79 Å². The van der Waals surface area contributed by atoms with Crippen LogP contribution in [0.5, 0.6) is 0 Å². The minimum absolute atomic E-state index is 0.0913. The molecule has 2 aromatic rings. The monoisotopic (exact) mass is 310 g/mol. The van der Waals surface area contributed by atoms with E-state index in [1.54, 1.807) is 25.1 Å². The van der Waals surface area contributed by atoms with E-state index in [9.17, 15) is 4.79 Å². The first kappa shape index (κ1) is 14.6. The minimum atomic E-state index is -0.400. The van der Waals surface area contributed by atoms with Crippen molar-refractivity contribution in [1.29, 1.82) is 0 Å². The zero-order valence-corrected chi connectivity index (χ0v) is 12.1. The second kappa shape index (κ2) is 6.07. The lowest BCUT2D eigenvalue weighted by atomic mass is 10.00. The first-order valence-corrected chi connectivity index (χ1v) is 6.57. The summed E-state index contributed by atoms with van der Waals surface area (Å²) in [5.74, 6) is -0.469. The summed E-state index contributed by atoms with van der Waals surface area (Å²) in [4.78, 5) is 19.8. The quantitative estimate of drug-likeness (QED) is 0.674. The number of aromatic nitrogens is 2. The van der Waals surface area contributed by atoms with Crippen molar-refractivity contribution in [3.05, 3.63) is 46.3 Å². The van der Waals surface area contributed by atoms with Gasteiger partial charge in [0.25, 0.3) is 0 Å². The second-order valence-electron chi connectivity index (χ2n) is 4.21.